The number of ether oxygens (including phenoxy) is 2. The van der Waals surface area contributed by atoms with Gasteiger partial charge in [0.2, 0.25) is 0 Å². The monoisotopic (exact) mass is 761 g/mol. The van der Waals surface area contributed by atoms with Gasteiger partial charge in [-0.25, -0.2) is 0 Å². The van der Waals surface area contributed by atoms with Crippen molar-refractivity contribution < 1.29 is 19.4 Å². The van der Waals surface area contributed by atoms with E-state index in [9.17, 15) is 9.90 Å². The first-order valence-electron chi connectivity index (χ1n) is 22.5. The number of hydrogen-bond acceptors (Lipinski definition) is 4. The van der Waals surface area contributed by atoms with Gasteiger partial charge in [-0.2, -0.15) is 0 Å². The molecule has 0 bridgehead atoms. The minimum atomic E-state index is -0.561. The summed E-state index contributed by atoms with van der Waals surface area (Å²) in [4.78, 5) is 12.2. The Morgan fingerprint density at radius 1 is 0.455 bits per heavy atom. The first-order chi connectivity index (χ1) is 27.2. The van der Waals surface area contributed by atoms with Gasteiger partial charge in [0.05, 0.1) is 13.2 Å². The number of hydrogen-bond donors (Lipinski definition) is 1. The van der Waals surface area contributed by atoms with Crippen molar-refractivity contribution in [3.63, 3.8) is 0 Å². The van der Waals surface area contributed by atoms with E-state index in [2.05, 4.69) is 123 Å². The average Bonchev–Trinajstić information content (AvgIpc) is 3.19. The fourth-order valence-electron chi connectivity index (χ4n) is 5.75. The van der Waals surface area contributed by atoms with E-state index in [1.807, 2.05) is 0 Å². The van der Waals surface area contributed by atoms with Gasteiger partial charge in [0.1, 0.15) is 6.10 Å². The lowest BCUT2D eigenvalue weighted by Gasteiger charge is -2.15. The molecule has 0 fully saturated rings. The number of carbonyl (C=O) groups is 1. The third kappa shape index (κ3) is 45.3. The Balaban J connectivity index is 3.57. The van der Waals surface area contributed by atoms with Crippen molar-refractivity contribution in [1.29, 1.82) is 0 Å². The van der Waals surface area contributed by atoms with Crippen molar-refractivity contribution in [1.82, 2.24) is 0 Å². The van der Waals surface area contributed by atoms with Crippen LogP contribution in [0, 0.1) is 0 Å². The summed E-state index contributed by atoms with van der Waals surface area (Å²) < 4.78 is 11.2. The van der Waals surface area contributed by atoms with E-state index in [4.69, 9.17) is 9.47 Å². The van der Waals surface area contributed by atoms with Crippen LogP contribution in [-0.2, 0) is 14.3 Å². The molecule has 4 nitrogen and oxygen atoms in total. The average molecular weight is 761 g/mol. The topological polar surface area (TPSA) is 55.8 Å². The highest BCUT2D eigenvalue weighted by Gasteiger charge is 2.13. The SMILES string of the molecule is CC/C=C\C/C=C\C/C=C\C/C=C\C/C=C\C/C=C\CCCCCCCOCC(CO)OC(=O)CCCCCCCC/C=C\C/C=C\C/C=C\CCCCC. The molecule has 0 aliphatic heterocycles. The maximum absolute atomic E-state index is 12.2. The number of aliphatic hydroxyl groups excluding tert-OH is 1. The molecule has 1 atom stereocenters. The maximum Gasteiger partial charge on any atom is 0.306 e. The molecule has 0 saturated carbocycles. The van der Waals surface area contributed by atoms with Crippen LogP contribution in [0.4, 0.5) is 0 Å². The minimum Gasteiger partial charge on any atom is -0.457 e. The fraction of sp³-hybridized carbons (Fsp3) is 0.627. The summed E-state index contributed by atoms with van der Waals surface area (Å²) in [5, 5.41) is 9.62. The molecule has 0 rings (SSSR count). The van der Waals surface area contributed by atoms with Gasteiger partial charge in [-0.05, 0) is 103 Å². The van der Waals surface area contributed by atoms with Crippen molar-refractivity contribution in [3.05, 3.63) is 109 Å². The highest BCUT2D eigenvalue weighted by Crippen LogP contribution is 2.11. The zero-order valence-corrected chi connectivity index (χ0v) is 35.6. The van der Waals surface area contributed by atoms with Crippen LogP contribution in [0.3, 0.4) is 0 Å². The first-order valence-corrected chi connectivity index (χ1v) is 22.5. The molecule has 0 spiro atoms. The third-order valence-corrected chi connectivity index (χ3v) is 9.08. The number of rotatable bonds is 40. The molecule has 0 heterocycles. The molecule has 55 heavy (non-hydrogen) atoms. The number of carbonyl (C=O) groups excluding carboxylic acids is 1. The van der Waals surface area contributed by atoms with Crippen LogP contribution >= 0.6 is 0 Å². The molecule has 0 radical (unpaired) electrons. The Morgan fingerprint density at radius 3 is 1.24 bits per heavy atom. The summed E-state index contributed by atoms with van der Waals surface area (Å²) in [7, 11) is 0. The lowest BCUT2D eigenvalue weighted by atomic mass is 10.1. The second kappa shape index (κ2) is 47.2. The van der Waals surface area contributed by atoms with E-state index in [0.717, 1.165) is 96.3 Å². The Morgan fingerprint density at radius 2 is 0.818 bits per heavy atom. The molecular formula is C51H84O4. The highest BCUT2D eigenvalue weighted by molar-refractivity contribution is 5.69. The molecule has 1 unspecified atom stereocenters. The fourth-order valence-corrected chi connectivity index (χ4v) is 5.75. The van der Waals surface area contributed by atoms with E-state index < -0.39 is 6.10 Å². The van der Waals surface area contributed by atoms with Crippen LogP contribution in [0.1, 0.15) is 181 Å². The summed E-state index contributed by atoms with van der Waals surface area (Å²) in [6, 6.07) is 0. The Hall–Kier alpha value is -2.95. The molecule has 0 aromatic carbocycles. The van der Waals surface area contributed by atoms with Crippen LogP contribution in [0.2, 0.25) is 0 Å². The van der Waals surface area contributed by atoms with Crippen molar-refractivity contribution in [3.8, 4) is 0 Å². The van der Waals surface area contributed by atoms with Crippen LogP contribution in [0.15, 0.2) is 109 Å². The smallest absolute Gasteiger partial charge is 0.306 e. The quantitative estimate of drug-likeness (QED) is 0.0384. The van der Waals surface area contributed by atoms with Crippen LogP contribution < -0.4 is 0 Å². The molecule has 0 aliphatic carbocycles. The predicted octanol–water partition coefficient (Wildman–Crippen LogP) is 15.1. The molecule has 0 aliphatic rings. The van der Waals surface area contributed by atoms with E-state index in [1.165, 1.54) is 64.2 Å². The molecule has 0 amide bonds. The lowest BCUT2D eigenvalue weighted by Crippen LogP contribution is -2.27. The summed E-state index contributed by atoms with van der Waals surface area (Å²) in [6.07, 6.45) is 68.6. The standard InChI is InChI=1S/C51H84O4/c1-3-5-7-9-11-13-15-17-19-21-23-24-25-26-27-29-31-33-35-37-39-41-43-45-47-54-49-50(48-52)55-51(53)46-44-42-40-38-36-34-32-30-28-22-20-18-16-14-12-10-8-6-4-2/h5,7,11-14,17-20,23-24,26-28,30-31,33,50,52H,3-4,6,8-10,15-16,21-22,25,29,32,34-49H2,1-2H3/b7-5-,13-11-,14-12-,19-17-,20-18-,24-23-,27-26-,30-28-,33-31-. The Bertz CT molecular complexity index is 1070. The summed E-state index contributed by atoms with van der Waals surface area (Å²) in [5.74, 6) is -0.225. The van der Waals surface area contributed by atoms with Gasteiger partial charge < -0.3 is 14.6 Å². The van der Waals surface area contributed by atoms with Gasteiger partial charge in [-0.1, -0.05) is 181 Å². The predicted molar refractivity (Wildman–Crippen MR) is 241 cm³/mol. The second-order valence-corrected chi connectivity index (χ2v) is 14.4. The zero-order valence-electron chi connectivity index (χ0n) is 35.6. The molecule has 4 heteroatoms. The van der Waals surface area contributed by atoms with E-state index in [0.29, 0.717) is 13.0 Å². The van der Waals surface area contributed by atoms with Gasteiger partial charge in [0.15, 0.2) is 0 Å². The minimum absolute atomic E-state index is 0.193. The molecule has 312 valence electrons. The summed E-state index contributed by atoms with van der Waals surface area (Å²) in [6.45, 7) is 5.13. The summed E-state index contributed by atoms with van der Waals surface area (Å²) >= 11 is 0. The van der Waals surface area contributed by atoms with E-state index in [-0.39, 0.29) is 19.2 Å². The third-order valence-electron chi connectivity index (χ3n) is 9.08. The van der Waals surface area contributed by atoms with Crippen LogP contribution in [0.25, 0.3) is 0 Å². The summed E-state index contributed by atoms with van der Waals surface area (Å²) in [5.41, 5.74) is 0. The molecule has 0 aromatic rings. The maximum atomic E-state index is 12.2. The molecule has 0 aromatic heterocycles. The van der Waals surface area contributed by atoms with Crippen molar-refractivity contribution in [2.24, 2.45) is 0 Å². The van der Waals surface area contributed by atoms with Gasteiger partial charge in [0, 0.05) is 13.0 Å². The molecular weight excluding hydrogens is 677 g/mol. The zero-order chi connectivity index (χ0) is 39.8. The van der Waals surface area contributed by atoms with Crippen molar-refractivity contribution in [2.75, 3.05) is 19.8 Å². The number of allylic oxidation sites excluding steroid dienone is 18. The van der Waals surface area contributed by atoms with Gasteiger partial charge in [-0.15, -0.1) is 0 Å². The van der Waals surface area contributed by atoms with Crippen molar-refractivity contribution >= 4 is 5.97 Å². The molecule has 1 N–H and O–H groups in total. The van der Waals surface area contributed by atoms with E-state index in [1.54, 1.807) is 0 Å². The van der Waals surface area contributed by atoms with Crippen molar-refractivity contribution in [2.45, 2.75) is 187 Å². The highest BCUT2D eigenvalue weighted by atomic mass is 16.6. The number of aliphatic hydroxyl groups is 1. The van der Waals surface area contributed by atoms with Gasteiger partial charge in [-0.3, -0.25) is 4.79 Å². The normalized spacial score (nSPS) is 13.4. The van der Waals surface area contributed by atoms with Crippen LogP contribution in [-0.4, -0.2) is 37.0 Å². The lowest BCUT2D eigenvalue weighted by molar-refractivity contribution is -0.154. The second-order valence-electron chi connectivity index (χ2n) is 14.4. The van der Waals surface area contributed by atoms with E-state index >= 15 is 0 Å². The van der Waals surface area contributed by atoms with Gasteiger partial charge >= 0.3 is 5.97 Å². The Kier molecular flexibility index (Phi) is 44.7. The van der Waals surface area contributed by atoms with Crippen LogP contribution in [0.5, 0.6) is 0 Å². The Labute approximate surface area is 340 Å². The number of esters is 1. The van der Waals surface area contributed by atoms with Gasteiger partial charge in [0.25, 0.3) is 0 Å². The largest absolute Gasteiger partial charge is 0.457 e. The molecule has 0 saturated heterocycles. The number of unbranched alkanes of at least 4 members (excludes halogenated alkanes) is 14. The first kappa shape index (κ1) is 52.0.